The number of ether oxygens (including phenoxy) is 10. The summed E-state index contributed by atoms with van der Waals surface area (Å²) < 4.78 is 63.8. The molecule has 0 bridgehead atoms. The molecule has 10 nitrogen and oxygen atoms in total. The van der Waals surface area contributed by atoms with Gasteiger partial charge in [0.05, 0.1) is 33.0 Å². The van der Waals surface area contributed by atoms with Crippen molar-refractivity contribution in [3.05, 3.63) is 108 Å². The lowest BCUT2D eigenvalue weighted by Gasteiger charge is -2.37. The lowest BCUT2D eigenvalue weighted by atomic mass is 9.99. The molecule has 4 aliphatic heterocycles. The van der Waals surface area contributed by atoms with Crippen molar-refractivity contribution >= 4 is 0 Å². The third-order valence-electron chi connectivity index (χ3n) is 8.91. The van der Waals surface area contributed by atoms with Gasteiger partial charge >= 0.3 is 0 Å². The fourth-order valence-corrected chi connectivity index (χ4v) is 6.76. The van der Waals surface area contributed by atoms with E-state index in [0.29, 0.717) is 26.4 Å². The smallest absolute Gasteiger partial charge is 0.190 e. The Hall–Kier alpha value is -2.74. The second-order valence-corrected chi connectivity index (χ2v) is 13.6. The van der Waals surface area contributed by atoms with E-state index in [-0.39, 0.29) is 12.7 Å². The van der Waals surface area contributed by atoms with Crippen LogP contribution in [-0.4, -0.2) is 80.1 Å². The molecule has 0 N–H and O–H groups in total. The number of benzene rings is 3. The Morgan fingerprint density at radius 3 is 1.65 bits per heavy atom. The highest BCUT2D eigenvalue weighted by molar-refractivity contribution is 5.15. The molecule has 4 heterocycles. The molecule has 4 fully saturated rings. The summed E-state index contributed by atoms with van der Waals surface area (Å²) in [6.45, 7) is 9.14. The van der Waals surface area contributed by atoms with Crippen molar-refractivity contribution in [2.45, 2.75) is 114 Å². The van der Waals surface area contributed by atoms with Crippen LogP contribution in [0.25, 0.3) is 0 Å². The average Bonchev–Trinajstić information content (AvgIpc) is 3.71. The molecule has 48 heavy (non-hydrogen) atoms. The zero-order chi connectivity index (χ0) is 33.1. The van der Waals surface area contributed by atoms with Gasteiger partial charge in [0, 0.05) is 0 Å². The summed E-state index contributed by atoms with van der Waals surface area (Å²) in [5, 5.41) is 0. The van der Waals surface area contributed by atoms with Crippen LogP contribution in [0.5, 0.6) is 0 Å². The lowest BCUT2D eigenvalue weighted by molar-refractivity contribution is -0.262. The SMILES string of the molecule is CC1(C)O[C@H]2[C@@H](O1)[C@@H](COC1O[C@H](COCc3ccccc3)[C@H](OCc3ccccc3)[C@H]1OCc1ccccc1)O[C@@H]1OC(C)(C)O[C@@H]12. The van der Waals surface area contributed by atoms with Crippen LogP contribution in [0.4, 0.5) is 0 Å². The van der Waals surface area contributed by atoms with Gasteiger partial charge < -0.3 is 47.4 Å². The first kappa shape index (κ1) is 33.7. The van der Waals surface area contributed by atoms with Gasteiger partial charge in [-0.2, -0.15) is 0 Å². The lowest BCUT2D eigenvalue weighted by Crippen LogP contribution is -2.56. The van der Waals surface area contributed by atoms with Crippen LogP contribution in [0.15, 0.2) is 91.0 Å². The molecule has 0 aromatic heterocycles. The van der Waals surface area contributed by atoms with E-state index in [1.165, 1.54) is 0 Å². The molecule has 4 saturated heterocycles. The molecule has 7 rings (SSSR count). The van der Waals surface area contributed by atoms with E-state index in [1.54, 1.807) is 0 Å². The normalized spacial score (nSPS) is 33.4. The summed E-state index contributed by atoms with van der Waals surface area (Å²) in [6, 6.07) is 30.1. The third kappa shape index (κ3) is 8.00. The van der Waals surface area contributed by atoms with Crippen molar-refractivity contribution in [2.75, 3.05) is 13.2 Å². The van der Waals surface area contributed by atoms with E-state index in [9.17, 15) is 0 Å². The molecular weight excluding hydrogens is 616 g/mol. The molecule has 0 aliphatic carbocycles. The van der Waals surface area contributed by atoms with Gasteiger partial charge in [0.2, 0.25) is 0 Å². The van der Waals surface area contributed by atoms with Gasteiger partial charge in [0.15, 0.2) is 24.2 Å². The van der Waals surface area contributed by atoms with Crippen molar-refractivity contribution in [3.8, 4) is 0 Å². The Balaban J connectivity index is 1.09. The standard InChI is InChI=1S/C38H46O10/c1-37(2)45-31-29(44-36-34(32(31)46-37)47-38(3,4)48-36)24-42-35-33(41-22-27-18-12-7-13-19-27)30(40-21-26-16-10-6-11-17-26)28(43-35)23-39-20-25-14-8-5-9-15-25/h5-19,28-36H,20-24H2,1-4H3/t28-,29-,30+,31+,32+,33-,34-,35?,36-/m1/s1. The maximum absolute atomic E-state index is 6.58. The molecule has 4 aliphatic rings. The van der Waals surface area contributed by atoms with Crippen LogP contribution in [0.1, 0.15) is 44.4 Å². The van der Waals surface area contributed by atoms with Crippen molar-refractivity contribution in [1.82, 2.24) is 0 Å². The fraction of sp³-hybridized carbons (Fsp3) is 0.526. The van der Waals surface area contributed by atoms with Gasteiger partial charge in [-0.15, -0.1) is 0 Å². The molecule has 3 aromatic rings. The second-order valence-electron chi connectivity index (χ2n) is 13.6. The summed E-state index contributed by atoms with van der Waals surface area (Å²) in [7, 11) is 0. The van der Waals surface area contributed by atoms with Crippen LogP contribution in [-0.2, 0) is 67.2 Å². The minimum atomic E-state index is -0.815. The van der Waals surface area contributed by atoms with E-state index in [2.05, 4.69) is 0 Å². The van der Waals surface area contributed by atoms with E-state index in [1.807, 2.05) is 119 Å². The first-order chi connectivity index (χ1) is 23.2. The number of fused-ring (bicyclic) bond motifs is 3. The van der Waals surface area contributed by atoms with Crippen molar-refractivity contribution in [3.63, 3.8) is 0 Å². The van der Waals surface area contributed by atoms with Crippen LogP contribution >= 0.6 is 0 Å². The molecule has 1 unspecified atom stereocenters. The molecule has 0 saturated carbocycles. The maximum Gasteiger partial charge on any atom is 0.190 e. The second kappa shape index (κ2) is 14.6. The van der Waals surface area contributed by atoms with E-state index in [0.717, 1.165) is 16.7 Å². The summed E-state index contributed by atoms with van der Waals surface area (Å²) in [4.78, 5) is 0. The quantitative estimate of drug-likeness (QED) is 0.233. The molecular formula is C38H46O10. The summed E-state index contributed by atoms with van der Waals surface area (Å²) >= 11 is 0. The highest BCUT2D eigenvalue weighted by atomic mass is 16.9. The minimum absolute atomic E-state index is 0.145. The minimum Gasteiger partial charge on any atom is -0.374 e. The predicted molar refractivity (Wildman–Crippen MR) is 173 cm³/mol. The Bertz CT molecular complexity index is 1440. The highest BCUT2D eigenvalue weighted by Gasteiger charge is 2.61. The van der Waals surface area contributed by atoms with Gasteiger partial charge in [-0.25, -0.2) is 0 Å². The number of hydrogen-bond donors (Lipinski definition) is 0. The molecule has 258 valence electrons. The highest BCUT2D eigenvalue weighted by Crippen LogP contribution is 2.44. The molecule has 0 radical (unpaired) electrons. The zero-order valence-corrected chi connectivity index (χ0v) is 28.0. The van der Waals surface area contributed by atoms with Crippen LogP contribution in [0.3, 0.4) is 0 Å². The molecule has 0 amide bonds. The zero-order valence-electron chi connectivity index (χ0n) is 28.0. The van der Waals surface area contributed by atoms with E-state index < -0.39 is 60.8 Å². The van der Waals surface area contributed by atoms with Crippen molar-refractivity contribution in [2.24, 2.45) is 0 Å². The summed E-state index contributed by atoms with van der Waals surface area (Å²) in [5.74, 6) is -1.63. The first-order valence-corrected chi connectivity index (χ1v) is 16.8. The Morgan fingerprint density at radius 2 is 1.02 bits per heavy atom. The van der Waals surface area contributed by atoms with Gasteiger partial charge in [0.25, 0.3) is 0 Å². The van der Waals surface area contributed by atoms with E-state index >= 15 is 0 Å². The van der Waals surface area contributed by atoms with Crippen molar-refractivity contribution < 1.29 is 47.4 Å². The maximum atomic E-state index is 6.58. The number of rotatable bonds is 13. The Labute approximate surface area is 282 Å². The predicted octanol–water partition coefficient (Wildman–Crippen LogP) is 5.51. The van der Waals surface area contributed by atoms with Crippen LogP contribution in [0.2, 0.25) is 0 Å². The monoisotopic (exact) mass is 662 g/mol. The first-order valence-electron chi connectivity index (χ1n) is 16.8. The Kier molecular flexibility index (Phi) is 10.3. The average molecular weight is 663 g/mol. The van der Waals surface area contributed by atoms with Gasteiger partial charge in [-0.05, 0) is 44.4 Å². The fourth-order valence-electron chi connectivity index (χ4n) is 6.76. The largest absolute Gasteiger partial charge is 0.374 e. The van der Waals surface area contributed by atoms with Crippen molar-refractivity contribution in [1.29, 1.82) is 0 Å². The molecule has 3 aromatic carbocycles. The van der Waals surface area contributed by atoms with Gasteiger partial charge in [0.1, 0.15) is 42.7 Å². The van der Waals surface area contributed by atoms with Crippen LogP contribution < -0.4 is 0 Å². The third-order valence-corrected chi connectivity index (χ3v) is 8.91. The molecule has 0 spiro atoms. The molecule has 10 heteroatoms. The summed E-state index contributed by atoms with van der Waals surface area (Å²) in [5.41, 5.74) is 3.16. The van der Waals surface area contributed by atoms with Crippen LogP contribution in [0, 0.1) is 0 Å². The van der Waals surface area contributed by atoms with Gasteiger partial charge in [-0.1, -0.05) is 91.0 Å². The summed E-state index contributed by atoms with van der Waals surface area (Å²) in [6.07, 6.45) is -4.63. The Morgan fingerprint density at radius 1 is 0.500 bits per heavy atom. The van der Waals surface area contributed by atoms with E-state index in [4.69, 9.17) is 47.4 Å². The molecule has 9 atom stereocenters. The van der Waals surface area contributed by atoms with Gasteiger partial charge in [-0.3, -0.25) is 0 Å². The topological polar surface area (TPSA) is 92.3 Å². The number of hydrogen-bond acceptors (Lipinski definition) is 10.